The van der Waals surface area contributed by atoms with Gasteiger partial charge in [0.25, 0.3) is 0 Å². The molecule has 2 aromatic rings. The van der Waals surface area contributed by atoms with Crippen LogP contribution in [0.25, 0.3) is 0 Å². The topological polar surface area (TPSA) is 27.0 Å². The molecule has 0 saturated carbocycles. The highest BCUT2D eigenvalue weighted by atomic mass is 19.1. The van der Waals surface area contributed by atoms with E-state index >= 15 is 0 Å². The van der Waals surface area contributed by atoms with Crippen LogP contribution in [0.3, 0.4) is 0 Å². The third kappa shape index (κ3) is 4.97. The Morgan fingerprint density at radius 1 is 1.00 bits per heavy atom. The van der Waals surface area contributed by atoms with Crippen LogP contribution >= 0.6 is 0 Å². The van der Waals surface area contributed by atoms with Gasteiger partial charge in [-0.25, -0.2) is 8.78 Å². The number of likely N-dealkylation sites (N-methyl/N-ethyl adjacent to an activating group) is 1. The molecule has 2 nitrogen and oxygen atoms in total. The van der Waals surface area contributed by atoms with E-state index in [0.717, 1.165) is 13.0 Å². The fourth-order valence-electron chi connectivity index (χ4n) is 3.69. The molecule has 28 heavy (non-hydrogen) atoms. The van der Waals surface area contributed by atoms with E-state index in [1.54, 1.807) is 0 Å². The molecule has 0 heterocycles. The van der Waals surface area contributed by atoms with Crippen molar-refractivity contribution < 1.29 is 8.78 Å². The van der Waals surface area contributed by atoms with Gasteiger partial charge in [0.05, 0.1) is 11.5 Å². The molecule has 0 aliphatic heterocycles. The lowest BCUT2D eigenvalue weighted by Crippen LogP contribution is -2.37. The average Bonchev–Trinajstić information content (AvgIpc) is 2.68. The Labute approximate surface area is 167 Å². The molecule has 0 N–H and O–H groups in total. The molecule has 0 aromatic heterocycles. The lowest BCUT2D eigenvalue weighted by molar-refractivity contribution is 0.222. The van der Waals surface area contributed by atoms with Crippen LogP contribution in [-0.2, 0) is 11.8 Å². The summed E-state index contributed by atoms with van der Waals surface area (Å²) < 4.78 is 29.0. The van der Waals surface area contributed by atoms with Crippen molar-refractivity contribution >= 4 is 0 Å². The smallest absolute Gasteiger partial charge is 0.130 e. The Bertz CT molecular complexity index is 778. The van der Waals surface area contributed by atoms with Gasteiger partial charge < -0.3 is 4.90 Å². The SMILES string of the molecule is CC(CCC(C#N)(c1c(F)cccc1F)C(C)C)N(C)CCc1ccccc1. The van der Waals surface area contributed by atoms with Gasteiger partial charge in [-0.2, -0.15) is 5.26 Å². The first kappa shape index (κ1) is 22.0. The van der Waals surface area contributed by atoms with E-state index in [4.69, 9.17) is 0 Å². The van der Waals surface area contributed by atoms with Gasteiger partial charge in [0.15, 0.2) is 0 Å². The lowest BCUT2D eigenvalue weighted by atomic mass is 9.69. The van der Waals surface area contributed by atoms with Crippen molar-refractivity contribution in [1.82, 2.24) is 4.90 Å². The second-order valence-corrected chi connectivity index (χ2v) is 7.94. The predicted molar refractivity (Wildman–Crippen MR) is 110 cm³/mol. The number of nitrogens with zero attached hydrogens (tertiary/aromatic N) is 2. The molecule has 0 aliphatic rings. The molecule has 4 heteroatoms. The molecule has 2 unspecified atom stereocenters. The summed E-state index contributed by atoms with van der Waals surface area (Å²) in [6.07, 6.45) is 2.04. The fraction of sp³-hybridized carbons (Fsp3) is 0.458. The van der Waals surface area contributed by atoms with Gasteiger partial charge in [0.2, 0.25) is 0 Å². The highest BCUT2D eigenvalue weighted by molar-refractivity contribution is 5.36. The van der Waals surface area contributed by atoms with Crippen molar-refractivity contribution in [2.24, 2.45) is 5.92 Å². The first-order chi connectivity index (χ1) is 13.3. The van der Waals surface area contributed by atoms with E-state index in [1.165, 1.54) is 23.8 Å². The number of hydrogen-bond acceptors (Lipinski definition) is 2. The Morgan fingerprint density at radius 2 is 1.61 bits per heavy atom. The fourth-order valence-corrected chi connectivity index (χ4v) is 3.69. The maximum Gasteiger partial charge on any atom is 0.130 e. The van der Waals surface area contributed by atoms with Crippen molar-refractivity contribution in [2.45, 2.75) is 51.5 Å². The minimum atomic E-state index is -1.18. The summed E-state index contributed by atoms with van der Waals surface area (Å²) in [6.45, 7) is 6.71. The molecular formula is C24H30F2N2. The van der Waals surface area contributed by atoms with Crippen molar-refractivity contribution in [3.8, 4) is 6.07 Å². The third-order valence-electron chi connectivity index (χ3n) is 5.90. The number of rotatable bonds is 9. The van der Waals surface area contributed by atoms with E-state index in [2.05, 4.69) is 37.1 Å². The molecule has 0 radical (unpaired) electrons. The first-order valence-electron chi connectivity index (χ1n) is 9.91. The van der Waals surface area contributed by atoms with Gasteiger partial charge >= 0.3 is 0 Å². The normalized spacial score (nSPS) is 14.7. The van der Waals surface area contributed by atoms with E-state index < -0.39 is 17.0 Å². The summed E-state index contributed by atoms with van der Waals surface area (Å²) in [7, 11) is 2.06. The van der Waals surface area contributed by atoms with Crippen LogP contribution in [0.4, 0.5) is 8.78 Å². The largest absolute Gasteiger partial charge is 0.303 e. The quantitative estimate of drug-likeness (QED) is 0.552. The summed E-state index contributed by atoms with van der Waals surface area (Å²) in [5, 5.41) is 9.96. The zero-order chi connectivity index (χ0) is 20.7. The second-order valence-electron chi connectivity index (χ2n) is 7.94. The standard InChI is InChI=1S/C24H30F2N2/c1-18(2)24(17-27,23-21(25)11-8-12-22(23)26)15-13-19(3)28(4)16-14-20-9-6-5-7-10-20/h5-12,18-19H,13-16H2,1-4H3. The Hall–Kier alpha value is -2.25. The highest BCUT2D eigenvalue weighted by Crippen LogP contribution is 2.40. The van der Waals surface area contributed by atoms with Gasteiger partial charge in [-0.1, -0.05) is 50.2 Å². The van der Waals surface area contributed by atoms with Crippen LogP contribution < -0.4 is 0 Å². The third-order valence-corrected chi connectivity index (χ3v) is 5.90. The predicted octanol–water partition coefficient (Wildman–Crippen LogP) is 5.73. The van der Waals surface area contributed by atoms with E-state index in [1.807, 2.05) is 32.0 Å². The highest BCUT2D eigenvalue weighted by Gasteiger charge is 2.40. The summed E-state index contributed by atoms with van der Waals surface area (Å²) >= 11 is 0. The van der Waals surface area contributed by atoms with Crippen molar-refractivity contribution in [3.05, 3.63) is 71.3 Å². The number of halogens is 2. The summed E-state index contributed by atoms with van der Waals surface area (Å²) in [6, 6.07) is 16.6. The molecule has 0 amide bonds. The monoisotopic (exact) mass is 384 g/mol. The Kier molecular flexibility index (Phi) is 7.71. The van der Waals surface area contributed by atoms with Crippen LogP contribution in [0.1, 0.15) is 44.7 Å². The van der Waals surface area contributed by atoms with Gasteiger partial charge in [-0.15, -0.1) is 0 Å². The minimum absolute atomic E-state index is 0.0911. The Morgan fingerprint density at radius 3 is 2.14 bits per heavy atom. The first-order valence-corrected chi connectivity index (χ1v) is 9.91. The van der Waals surface area contributed by atoms with E-state index in [-0.39, 0.29) is 17.5 Å². The summed E-state index contributed by atoms with van der Waals surface area (Å²) in [5.74, 6) is -1.48. The lowest BCUT2D eigenvalue weighted by Gasteiger charge is -2.34. The number of hydrogen-bond donors (Lipinski definition) is 0. The number of nitriles is 1. The molecule has 2 rings (SSSR count). The van der Waals surface area contributed by atoms with Crippen molar-refractivity contribution in [2.75, 3.05) is 13.6 Å². The minimum Gasteiger partial charge on any atom is -0.303 e. The van der Waals surface area contributed by atoms with Crippen LogP contribution in [0.15, 0.2) is 48.5 Å². The molecule has 2 aromatic carbocycles. The number of benzene rings is 2. The van der Waals surface area contributed by atoms with Crippen LogP contribution in [0.2, 0.25) is 0 Å². The van der Waals surface area contributed by atoms with Gasteiger partial charge in [0, 0.05) is 18.2 Å². The van der Waals surface area contributed by atoms with Crippen LogP contribution in [0.5, 0.6) is 0 Å². The van der Waals surface area contributed by atoms with Crippen LogP contribution in [-0.4, -0.2) is 24.5 Å². The zero-order valence-electron chi connectivity index (χ0n) is 17.3. The summed E-state index contributed by atoms with van der Waals surface area (Å²) in [4.78, 5) is 2.24. The molecule has 0 saturated heterocycles. The molecule has 0 fully saturated rings. The average molecular weight is 385 g/mol. The van der Waals surface area contributed by atoms with E-state index in [9.17, 15) is 14.0 Å². The van der Waals surface area contributed by atoms with E-state index in [0.29, 0.717) is 12.8 Å². The van der Waals surface area contributed by atoms with Gasteiger partial charge in [-0.05, 0) is 56.8 Å². The Balaban J connectivity index is 2.10. The van der Waals surface area contributed by atoms with Crippen molar-refractivity contribution in [1.29, 1.82) is 5.26 Å². The van der Waals surface area contributed by atoms with Crippen LogP contribution in [0, 0.1) is 28.9 Å². The van der Waals surface area contributed by atoms with Gasteiger partial charge in [-0.3, -0.25) is 0 Å². The molecule has 0 bridgehead atoms. The molecule has 0 aliphatic carbocycles. The second kappa shape index (κ2) is 9.80. The maximum atomic E-state index is 14.5. The molecule has 0 spiro atoms. The maximum absolute atomic E-state index is 14.5. The molecule has 150 valence electrons. The van der Waals surface area contributed by atoms with Gasteiger partial charge in [0.1, 0.15) is 11.6 Å². The summed E-state index contributed by atoms with van der Waals surface area (Å²) in [5.41, 5.74) is 0.0133. The molecular weight excluding hydrogens is 354 g/mol. The zero-order valence-corrected chi connectivity index (χ0v) is 17.3. The van der Waals surface area contributed by atoms with Crippen molar-refractivity contribution in [3.63, 3.8) is 0 Å². The molecule has 2 atom stereocenters.